The molecule has 0 aliphatic rings. The molecule has 2 nitrogen and oxygen atoms in total. The largest absolute Gasteiger partial charge is 0.379 e. The van der Waals surface area contributed by atoms with Crippen LogP contribution in [-0.2, 0) is 0 Å². The number of hydrogen-bond acceptors (Lipinski definition) is 2. The van der Waals surface area contributed by atoms with Crippen molar-refractivity contribution in [1.29, 1.82) is 0 Å². The number of aliphatic hydroxyl groups is 1. The molecule has 0 aliphatic heterocycles. The lowest BCUT2D eigenvalue weighted by atomic mass is 10.1. The zero-order chi connectivity index (χ0) is 13.6. The van der Waals surface area contributed by atoms with Gasteiger partial charge in [-0.15, -0.1) is 0 Å². The van der Waals surface area contributed by atoms with Crippen LogP contribution in [0.5, 0.6) is 0 Å². The standard InChI is InChI=1S/C16H35NO/c1-4-6-7-8-9-10-11-12-13-14-15-17(5-2)16(3)18/h16,18H,4-15H2,1-3H3. The first kappa shape index (κ1) is 17.9. The summed E-state index contributed by atoms with van der Waals surface area (Å²) in [6.45, 7) is 8.25. The highest BCUT2D eigenvalue weighted by molar-refractivity contribution is 4.56. The van der Waals surface area contributed by atoms with Crippen LogP contribution in [0.25, 0.3) is 0 Å². The summed E-state index contributed by atoms with van der Waals surface area (Å²) >= 11 is 0. The molecule has 0 amide bonds. The molecule has 0 aromatic carbocycles. The van der Waals surface area contributed by atoms with Gasteiger partial charge in [0, 0.05) is 6.54 Å². The van der Waals surface area contributed by atoms with Crippen LogP contribution in [0.4, 0.5) is 0 Å². The maximum atomic E-state index is 9.48. The van der Waals surface area contributed by atoms with E-state index in [0.29, 0.717) is 0 Å². The molecule has 0 saturated carbocycles. The monoisotopic (exact) mass is 257 g/mol. The molecule has 0 radical (unpaired) electrons. The highest BCUT2D eigenvalue weighted by Gasteiger charge is 2.06. The van der Waals surface area contributed by atoms with Gasteiger partial charge in [-0.2, -0.15) is 0 Å². The quantitative estimate of drug-likeness (QED) is 0.386. The Balaban J connectivity index is 3.15. The maximum Gasteiger partial charge on any atom is 0.104 e. The third-order valence-electron chi connectivity index (χ3n) is 3.73. The van der Waals surface area contributed by atoms with Crippen LogP contribution in [0.15, 0.2) is 0 Å². The van der Waals surface area contributed by atoms with E-state index in [4.69, 9.17) is 0 Å². The lowest BCUT2D eigenvalue weighted by Gasteiger charge is -2.23. The van der Waals surface area contributed by atoms with Crippen molar-refractivity contribution in [2.45, 2.75) is 91.2 Å². The molecule has 0 saturated heterocycles. The average Bonchev–Trinajstić information content (AvgIpc) is 2.35. The Bertz CT molecular complexity index is 159. The van der Waals surface area contributed by atoms with Gasteiger partial charge in [-0.1, -0.05) is 71.6 Å². The summed E-state index contributed by atoms with van der Waals surface area (Å²) < 4.78 is 0. The number of hydrogen-bond donors (Lipinski definition) is 1. The smallest absolute Gasteiger partial charge is 0.104 e. The first-order chi connectivity index (χ1) is 8.72. The van der Waals surface area contributed by atoms with E-state index in [1.54, 1.807) is 0 Å². The van der Waals surface area contributed by atoms with Crippen LogP contribution in [0.1, 0.15) is 85.0 Å². The Morgan fingerprint density at radius 2 is 1.22 bits per heavy atom. The SMILES string of the molecule is CCCCCCCCCCCCN(CC)C(C)O. The van der Waals surface area contributed by atoms with Crippen molar-refractivity contribution in [1.82, 2.24) is 4.90 Å². The summed E-state index contributed by atoms with van der Waals surface area (Å²) in [6.07, 6.45) is 13.5. The van der Waals surface area contributed by atoms with Gasteiger partial charge in [-0.05, 0) is 19.9 Å². The van der Waals surface area contributed by atoms with Gasteiger partial charge in [-0.3, -0.25) is 4.90 Å². The summed E-state index contributed by atoms with van der Waals surface area (Å²) in [7, 11) is 0. The first-order valence-electron chi connectivity index (χ1n) is 8.14. The van der Waals surface area contributed by atoms with Crippen molar-refractivity contribution >= 4 is 0 Å². The van der Waals surface area contributed by atoms with Gasteiger partial charge in [0.05, 0.1) is 0 Å². The highest BCUT2D eigenvalue weighted by Crippen LogP contribution is 2.11. The molecule has 0 heterocycles. The molecule has 110 valence electrons. The van der Waals surface area contributed by atoms with E-state index in [-0.39, 0.29) is 6.23 Å². The summed E-state index contributed by atoms with van der Waals surface area (Å²) in [6, 6.07) is 0. The molecule has 0 aromatic heterocycles. The molecule has 0 fully saturated rings. The van der Waals surface area contributed by atoms with Crippen LogP contribution in [0.2, 0.25) is 0 Å². The summed E-state index contributed by atoms with van der Waals surface area (Å²) in [5.74, 6) is 0. The van der Waals surface area contributed by atoms with Crippen molar-refractivity contribution in [3.8, 4) is 0 Å². The van der Waals surface area contributed by atoms with Gasteiger partial charge in [0.1, 0.15) is 6.23 Å². The Morgan fingerprint density at radius 1 is 0.778 bits per heavy atom. The fraction of sp³-hybridized carbons (Fsp3) is 1.00. The minimum Gasteiger partial charge on any atom is -0.379 e. The minimum absolute atomic E-state index is 0.284. The number of rotatable bonds is 13. The maximum absolute atomic E-state index is 9.48. The molecule has 2 heteroatoms. The fourth-order valence-corrected chi connectivity index (χ4v) is 2.41. The highest BCUT2D eigenvalue weighted by atomic mass is 16.3. The second kappa shape index (κ2) is 13.4. The predicted octanol–water partition coefficient (Wildman–Crippen LogP) is 4.57. The van der Waals surface area contributed by atoms with Crippen LogP contribution >= 0.6 is 0 Å². The average molecular weight is 257 g/mol. The number of nitrogens with zero attached hydrogens (tertiary/aromatic N) is 1. The van der Waals surface area contributed by atoms with Gasteiger partial charge in [-0.25, -0.2) is 0 Å². The molecule has 1 unspecified atom stereocenters. The van der Waals surface area contributed by atoms with Gasteiger partial charge >= 0.3 is 0 Å². The number of aliphatic hydroxyl groups excluding tert-OH is 1. The van der Waals surface area contributed by atoms with E-state index >= 15 is 0 Å². The van der Waals surface area contributed by atoms with E-state index in [1.165, 1.54) is 64.2 Å². The van der Waals surface area contributed by atoms with Crippen molar-refractivity contribution in [2.75, 3.05) is 13.1 Å². The zero-order valence-corrected chi connectivity index (χ0v) is 13.0. The lowest BCUT2D eigenvalue weighted by molar-refractivity contribution is 0.0214. The van der Waals surface area contributed by atoms with E-state index in [0.717, 1.165) is 13.1 Å². The second-order valence-electron chi connectivity index (χ2n) is 5.44. The molecular formula is C16H35NO. The van der Waals surface area contributed by atoms with Crippen LogP contribution < -0.4 is 0 Å². The summed E-state index contributed by atoms with van der Waals surface area (Å²) in [5, 5.41) is 9.48. The first-order valence-corrected chi connectivity index (χ1v) is 8.14. The predicted molar refractivity (Wildman–Crippen MR) is 80.8 cm³/mol. The molecule has 1 N–H and O–H groups in total. The van der Waals surface area contributed by atoms with Crippen molar-refractivity contribution in [3.05, 3.63) is 0 Å². The van der Waals surface area contributed by atoms with Gasteiger partial charge in [0.2, 0.25) is 0 Å². The van der Waals surface area contributed by atoms with Crippen molar-refractivity contribution in [3.63, 3.8) is 0 Å². The Labute approximate surface area is 115 Å². The van der Waals surface area contributed by atoms with Gasteiger partial charge in [0.15, 0.2) is 0 Å². The van der Waals surface area contributed by atoms with E-state index < -0.39 is 0 Å². The van der Waals surface area contributed by atoms with Crippen molar-refractivity contribution in [2.24, 2.45) is 0 Å². The zero-order valence-electron chi connectivity index (χ0n) is 13.0. The third-order valence-corrected chi connectivity index (χ3v) is 3.73. The summed E-state index contributed by atoms with van der Waals surface area (Å²) in [5.41, 5.74) is 0. The molecule has 1 atom stereocenters. The van der Waals surface area contributed by atoms with E-state index in [2.05, 4.69) is 18.7 Å². The normalized spacial score (nSPS) is 13.2. The Kier molecular flexibility index (Phi) is 13.3. The molecule has 0 rings (SSSR count). The molecule has 0 bridgehead atoms. The topological polar surface area (TPSA) is 23.5 Å². The molecule has 0 spiro atoms. The molecule has 0 aliphatic carbocycles. The minimum atomic E-state index is -0.284. The van der Waals surface area contributed by atoms with Gasteiger partial charge < -0.3 is 5.11 Å². The summed E-state index contributed by atoms with van der Waals surface area (Å²) in [4.78, 5) is 2.13. The van der Waals surface area contributed by atoms with E-state index in [9.17, 15) is 5.11 Å². The molecular weight excluding hydrogens is 222 g/mol. The molecule has 18 heavy (non-hydrogen) atoms. The van der Waals surface area contributed by atoms with Crippen LogP contribution in [0.3, 0.4) is 0 Å². The third kappa shape index (κ3) is 11.0. The van der Waals surface area contributed by atoms with Crippen LogP contribution in [-0.4, -0.2) is 29.3 Å². The number of unbranched alkanes of at least 4 members (excludes halogenated alkanes) is 9. The van der Waals surface area contributed by atoms with Gasteiger partial charge in [0.25, 0.3) is 0 Å². The second-order valence-corrected chi connectivity index (χ2v) is 5.44. The molecule has 0 aromatic rings. The van der Waals surface area contributed by atoms with Crippen LogP contribution in [0, 0.1) is 0 Å². The van der Waals surface area contributed by atoms with E-state index in [1.807, 2.05) is 6.92 Å². The van der Waals surface area contributed by atoms with Crippen molar-refractivity contribution < 1.29 is 5.11 Å². The fourth-order valence-electron chi connectivity index (χ4n) is 2.41. The lowest BCUT2D eigenvalue weighted by Crippen LogP contribution is -2.33. The Morgan fingerprint density at radius 3 is 1.61 bits per heavy atom. The Hall–Kier alpha value is -0.0800.